The lowest BCUT2D eigenvalue weighted by Gasteiger charge is -2.27. The van der Waals surface area contributed by atoms with Crippen molar-refractivity contribution in [2.75, 3.05) is 13.2 Å². The van der Waals surface area contributed by atoms with E-state index >= 15 is 0 Å². The number of ether oxygens (including phenoxy) is 2. The summed E-state index contributed by atoms with van der Waals surface area (Å²) in [4.78, 5) is 0. The fraction of sp³-hybridized carbons (Fsp3) is 1.00. The van der Waals surface area contributed by atoms with Gasteiger partial charge in [-0.25, -0.2) is 0 Å². The van der Waals surface area contributed by atoms with Crippen LogP contribution >= 0.6 is 0 Å². The van der Waals surface area contributed by atoms with Gasteiger partial charge in [-0.2, -0.15) is 0 Å². The molecule has 4 atom stereocenters. The van der Waals surface area contributed by atoms with Crippen LogP contribution in [0.25, 0.3) is 0 Å². The molecule has 11 heavy (non-hydrogen) atoms. The topological polar surface area (TPSA) is 58.9 Å². The molecule has 60 valence electrons. The van der Waals surface area contributed by atoms with Crippen LogP contribution in [0.15, 0.2) is 0 Å². The molecule has 2 heterocycles. The largest absolute Gasteiger partial charge is 0.393 e. The Morgan fingerprint density at radius 3 is 2.64 bits per heavy atom. The van der Waals surface area contributed by atoms with Crippen LogP contribution in [0.5, 0.6) is 0 Å². The first kappa shape index (κ1) is 7.55. The summed E-state index contributed by atoms with van der Waals surface area (Å²) in [6, 6.07) is -0.606. The number of rotatable bonds is 1. The number of hydrogen-bond donors (Lipinski definition) is 2. The highest BCUT2D eigenvalue weighted by Crippen LogP contribution is 2.38. The highest BCUT2D eigenvalue weighted by atomic mass is 16.6. The maximum atomic E-state index is 9.46. The van der Waals surface area contributed by atoms with E-state index in [1.807, 2.05) is 0 Å². The summed E-state index contributed by atoms with van der Waals surface area (Å²) < 4.78 is 10.3. The third-order valence-corrected chi connectivity index (χ3v) is 2.33. The van der Waals surface area contributed by atoms with E-state index in [-0.39, 0.29) is 13.2 Å². The van der Waals surface area contributed by atoms with Gasteiger partial charge in [0.2, 0.25) is 0 Å². The molecule has 2 fully saturated rings. The smallest absolute Gasteiger partial charge is 0.142 e. The van der Waals surface area contributed by atoms with Crippen molar-refractivity contribution >= 4 is 7.85 Å². The molecule has 0 saturated carbocycles. The molecular formula is C6H9BO4. The van der Waals surface area contributed by atoms with Gasteiger partial charge in [0.15, 0.2) is 0 Å². The summed E-state index contributed by atoms with van der Waals surface area (Å²) in [7, 11) is 5.45. The molecule has 0 aromatic carbocycles. The second kappa shape index (κ2) is 2.20. The van der Waals surface area contributed by atoms with E-state index in [0.717, 1.165) is 0 Å². The Hall–Kier alpha value is -0.0951. The van der Waals surface area contributed by atoms with Crippen LogP contribution in [0.4, 0.5) is 0 Å². The van der Waals surface area contributed by atoms with Crippen molar-refractivity contribution in [3.63, 3.8) is 0 Å². The van der Waals surface area contributed by atoms with Gasteiger partial charge in [0, 0.05) is 6.00 Å². The lowest BCUT2D eigenvalue weighted by molar-refractivity contribution is -0.136. The van der Waals surface area contributed by atoms with Gasteiger partial charge in [0.1, 0.15) is 25.7 Å². The summed E-state index contributed by atoms with van der Waals surface area (Å²) in [6.45, 7) is -0.0264. The highest BCUT2D eigenvalue weighted by Gasteiger charge is 2.58. The fourth-order valence-corrected chi connectivity index (χ4v) is 1.61. The maximum Gasteiger partial charge on any atom is 0.142 e. The zero-order chi connectivity index (χ0) is 8.06. The Kier molecular flexibility index (Phi) is 1.51. The second-order valence-corrected chi connectivity index (χ2v) is 3.03. The van der Waals surface area contributed by atoms with Gasteiger partial charge in [-0.3, -0.25) is 0 Å². The minimum atomic E-state index is -0.954. The van der Waals surface area contributed by atoms with Crippen LogP contribution in [0.3, 0.4) is 0 Å². The Morgan fingerprint density at radius 1 is 1.64 bits per heavy atom. The molecular weight excluding hydrogens is 147 g/mol. The molecule has 2 aliphatic rings. The number of hydrogen-bond acceptors (Lipinski definition) is 4. The first-order valence-electron chi connectivity index (χ1n) is 3.53. The van der Waals surface area contributed by atoms with Crippen LogP contribution in [-0.2, 0) is 9.47 Å². The molecule has 2 saturated heterocycles. The van der Waals surface area contributed by atoms with Crippen molar-refractivity contribution in [3.8, 4) is 0 Å². The van der Waals surface area contributed by atoms with Gasteiger partial charge in [-0.1, -0.05) is 0 Å². The first-order chi connectivity index (χ1) is 5.19. The van der Waals surface area contributed by atoms with Gasteiger partial charge in [-0.15, -0.1) is 0 Å². The van der Waals surface area contributed by atoms with E-state index in [1.165, 1.54) is 0 Å². The van der Waals surface area contributed by atoms with Gasteiger partial charge < -0.3 is 19.7 Å². The summed E-state index contributed by atoms with van der Waals surface area (Å²) >= 11 is 0. The number of aliphatic hydroxyl groups is 2. The Balaban J connectivity index is 2.24. The Morgan fingerprint density at radius 2 is 2.36 bits per heavy atom. The molecule has 5 heteroatoms. The average molecular weight is 156 g/mol. The van der Waals surface area contributed by atoms with Gasteiger partial charge >= 0.3 is 0 Å². The van der Waals surface area contributed by atoms with E-state index in [4.69, 9.17) is 22.4 Å². The quantitative estimate of drug-likeness (QED) is 0.431. The molecule has 0 aromatic rings. The molecule has 2 aliphatic heterocycles. The molecule has 0 spiro atoms. The van der Waals surface area contributed by atoms with Crippen molar-refractivity contribution in [1.82, 2.24) is 0 Å². The third-order valence-electron chi connectivity index (χ3n) is 2.33. The lowest BCUT2D eigenvalue weighted by Crippen LogP contribution is -2.44. The van der Waals surface area contributed by atoms with Crippen LogP contribution < -0.4 is 0 Å². The standard InChI is InChI=1S/C6H9BO4/c7-5-3-4(9)6(1-8,11-5)2-10-3/h3-5,8-9H,1-2H2/t3?,4-,5+,6+/m0/s1. The molecule has 2 radical (unpaired) electrons. The van der Waals surface area contributed by atoms with Gasteiger partial charge in [0.05, 0.1) is 13.2 Å². The highest BCUT2D eigenvalue weighted by molar-refractivity contribution is 6.11. The van der Waals surface area contributed by atoms with Crippen LogP contribution in [0.1, 0.15) is 0 Å². The zero-order valence-corrected chi connectivity index (χ0v) is 5.93. The monoisotopic (exact) mass is 156 g/mol. The van der Waals surface area contributed by atoms with E-state index in [2.05, 4.69) is 0 Å². The van der Waals surface area contributed by atoms with Crippen molar-refractivity contribution in [2.45, 2.75) is 23.8 Å². The number of fused-ring (bicyclic) bond motifs is 2. The molecule has 0 aromatic heterocycles. The van der Waals surface area contributed by atoms with Crippen molar-refractivity contribution in [1.29, 1.82) is 0 Å². The SMILES string of the molecule is [B][C@@H]1O[C@]2(CO)COC1[C@@H]2O. The summed E-state index contributed by atoms with van der Waals surface area (Å²) in [5.41, 5.74) is -0.954. The molecule has 0 aliphatic carbocycles. The predicted molar refractivity (Wildman–Crippen MR) is 36.2 cm³/mol. The van der Waals surface area contributed by atoms with Gasteiger partial charge in [0.25, 0.3) is 0 Å². The zero-order valence-electron chi connectivity index (χ0n) is 5.93. The average Bonchev–Trinajstić information content (AvgIpc) is 2.42. The van der Waals surface area contributed by atoms with Crippen molar-refractivity contribution in [3.05, 3.63) is 0 Å². The summed E-state index contributed by atoms with van der Waals surface area (Å²) in [5.74, 6) is 0. The fourth-order valence-electron chi connectivity index (χ4n) is 1.61. The van der Waals surface area contributed by atoms with Crippen molar-refractivity contribution < 1.29 is 19.7 Å². The molecule has 2 N–H and O–H groups in total. The first-order valence-corrected chi connectivity index (χ1v) is 3.53. The maximum absolute atomic E-state index is 9.46. The summed E-state index contributed by atoms with van der Waals surface area (Å²) in [6.07, 6.45) is -1.26. The lowest BCUT2D eigenvalue weighted by atomic mass is 9.92. The molecule has 2 rings (SSSR count). The Bertz CT molecular complexity index is 176. The van der Waals surface area contributed by atoms with E-state index < -0.39 is 23.8 Å². The van der Waals surface area contributed by atoms with E-state index in [1.54, 1.807) is 0 Å². The molecule has 4 nitrogen and oxygen atoms in total. The molecule has 0 amide bonds. The molecule has 1 unspecified atom stereocenters. The van der Waals surface area contributed by atoms with E-state index in [9.17, 15) is 5.11 Å². The minimum absolute atomic E-state index is 0.225. The normalized spacial score (nSPS) is 55.3. The predicted octanol–water partition coefficient (Wildman–Crippen LogP) is -2.00. The van der Waals surface area contributed by atoms with Crippen molar-refractivity contribution in [2.24, 2.45) is 0 Å². The summed E-state index contributed by atoms with van der Waals surface area (Å²) in [5, 5.41) is 18.4. The van der Waals surface area contributed by atoms with E-state index in [0.29, 0.717) is 0 Å². The third kappa shape index (κ3) is 0.795. The van der Waals surface area contributed by atoms with Crippen LogP contribution in [0, 0.1) is 0 Å². The van der Waals surface area contributed by atoms with Crippen LogP contribution in [-0.4, -0.2) is 55.1 Å². The van der Waals surface area contributed by atoms with Crippen LogP contribution in [0.2, 0.25) is 0 Å². The minimum Gasteiger partial charge on any atom is -0.393 e. The van der Waals surface area contributed by atoms with Gasteiger partial charge in [-0.05, 0) is 0 Å². The Labute approximate surface area is 65.5 Å². The molecule has 2 bridgehead atoms. The number of aliphatic hydroxyl groups excluding tert-OH is 2. The second-order valence-electron chi connectivity index (χ2n) is 3.03.